The minimum atomic E-state index is -0.179. The fraction of sp³-hybridized carbons (Fsp3) is 0.600. The number of likely N-dealkylation sites (tertiary alicyclic amines) is 1. The van der Waals surface area contributed by atoms with Gasteiger partial charge in [-0.3, -0.25) is 9.59 Å². The number of nitrogens with zero attached hydrogens (tertiary/aromatic N) is 1. The second kappa shape index (κ2) is 6.96. The van der Waals surface area contributed by atoms with E-state index in [9.17, 15) is 9.59 Å². The van der Waals surface area contributed by atoms with Gasteiger partial charge in [0.05, 0.1) is 0 Å². The van der Waals surface area contributed by atoms with Gasteiger partial charge in [-0.25, -0.2) is 0 Å². The third-order valence-electron chi connectivity index (χ3n) is 5.54. The number of hydrogen-bond donors (Lipinski definition) is 1. The fourth-order valence-electron chi connectivity index (χ4n) is 4.23. The Morgan fingerprint density at radius 2 is 2.00 bits per heavy atom. The molecule has 3 rings (SSSR count). The van der Waals surface area contributed by atoms with Crippen LogP contribution < -0.4 is 5.32 Å². The van der Waals surface area contributed by atoms with Gasteiger partial charge >= 0.3 is 0 Å². The highest BCUT2D eigenvalue weighted by atomic mass is 16.2. The third-order valence-corrected chi connectivity index (χ3v) is 5.54. The molecule has 2 atom stereocenters. The number of fused-ring (bicyclic) bond motifs is 1. The molecule has 130 valence electrons. The van der Waals surface area contributed by atoms with Crippen molar-refractivity contribution < 1.29 is 9.59 Å². The topological polar surface area (TPSA) is 49.4 Å². The van der Waals surface area contributed by atoms with Crippen LogP contribution in [0.2, 0.25) is 0 Å². The molecule has 0 bridgehead atoms. The Morgan fingerprint density at radius 1 is 1.25 bits per heavy atom. The molecule has 1 heterocycles. The minimum Gasteiger partial charge on any atom is -0.351 e. The quantitative estimate of drug-likeness (QED) is 0.927. The first-order valence-electron chi connectivity index (χ1n) is 9.12. The summed E-state index contributed by atoms with van der Waals surface area (Å²) in [5.74, 6) is 0.167. The van der Waals surface area contributed by atoms with Gasteiger partial charge < -0.3 is 10.2 Å². The molecule has 0 aromatic heterocycles. The zero-order valence-corrected chi connectivity index (χ0v) is 14.8. The lowest BCUT2D eigenvalue weighted by atomic mass is 9.79. The molecule has 0 radical (unpaired) electrons. The molecule has 24 heavy (non-hydrogen) atoms. The minimum absolute atomic E-state index is 0.0655. The SMILES string of the molecule is CC(=O)N1CCCCC1CC(=O)NC1(C)CCc2ccccc2C1. The predicted molar refractivity (Wildman–Crippen MR) is 94.7 cm³/mol. The van der Waals surface area contributed by atoms with Gasteiger partial charge in [-0.1, -0.05) is 24.3 Å². The first-order chi connectivity index (χ1) is 11.5. The molecular formula is C20H28N2O2. The number of carbonyl (C=O) groups is 2. The van der Waals surface area contributed by atoms with Crippen molar-refractivity contribution in [1.29, 1.82) is 0 Å². The zero-order chi connectivity index (χ0) is 17.2. The van der Waals surface area contributed by atoms with E-state index >= 15 is 0 Å². The molecule has 0 spiro atoms. The Bertz CT molecular complexity index is 628. The lowest BCUT2D eigenvalue weighted by Crippen LogP contribution is -2.52. The van der Waals surface area contributed by atoms with Crippen LogP contribution in [0.5, 0.6) is 0 Å². The number of amides is 2. The molecule has 0 saturated carbocycles. The van der Waals surface area contributed by atoms with Crippen LogP contribution in [0.25, 0.3) is 0 Å². The molecule has 1 fully saturated rings. The summed E-state index contributed by atoms with van der Waals surface area (Å²) in [6.07, 6.45) is 6.38. The highest BCUT2D eigenvalue weighted by molar-refractivity contribution is 5.79. The van der Waals surface area contributed by atoms with Crippen molar-refractivity contribution in [3.8, 4) is 0 Å². The standard InChI is InChI=1S/C20H28N2O2/c1-15(23)22-12-6-5-9-18(22)13-19(24)21-20(2)11-10-16-7-3-4-8-17(16)14-20/h3-4,7-8,18H,5-6,9-14H2,1-2H3,(H,21,24). The van der Waals surface area contributed by atoms with Gasteiger partial charge in [0, 0.05) is 31.5 Å². The summed E-state index contributed by atoms with van der Waals surface area (Å²) in [6, 6.07) is 8.57. The van der Waals surface area contributed by atoms with Crippen LogP contribution in [0, 0.1) is 0 Å². The highest BCUT2D eigenvalue weighted by Gasteiger charge is 2.33. The van der Waals surface area contributed by atoms with Crippen molar-refractivity contribution in [2.75, 3.05) is 6.54 Å². The van der Waals surface area contributed by atoms with E-state index in [1.165, 1.54) is 11.1 Å². The number of carbonyl (C=O) groups excluding carboxylic acids is 2. The van der Waals surface area contributed by atoms with E-state index in [4.69, 9.17) is 0 Å². The van der Waals surface area contributed by atoms with Gasteiger partial charge in [0.15, 0.2) is 0 Å². The molecule has 2 unspecified atom stereocenters. The van der Waals surface area contributed by atoms with Crippen LogP contribution in [0.15, 0.2) is 24.3 Å². The third kappa shape index (κ3) is 3.80. The normalized spacial score (nSPS) is 26.6. The average Bonchev–Trinajstić information content (AvgIpc) is 2.54. The van der Waals surface area contributed by atoms with Crippen molar-refractivity contribution in [3.05, 3.63) is 35.4 Å². The number of hydrogen-bond acceptors (Lipinski definition) is 2. The van der Waals surface area contributed by atoms with Crippen LogP contribution in [-0.2, 0) is 22.4 Å². The van der Waals surface area contributed by atoms with E-state index in [0.717, 1.165) is 45.1 Å². The van der Waals surface area contributed by atoms with E-state index in [-0.39, 0.29) is 23.4 Å². The summed E-state index contributed by atoms with van der Waals surface area (Å²) < 4.78 is 0. The number of rotatable bonds is 3. The number of nitrogens with one attached hydrogen (secondary N) is 1. The maximum absolute atomic E-state index is 12.6. The molecule has 4 nitrogen and oxygen atoms in total. The van der Waals surface area contributed by atoms with E-state index in [1.54, 1.807) is 6.92 Å². The van der Waals surface area contributed by atoms with Gasteiger partial charge in [0.2, 0.25) is 11.8 Å². The van der Waals surface area contributed by atoms with Gasteiger partial charge in [0.1, 0.15) is 0 Å². The van der Waals surface area contributed by atoms with Crippen LogP contribution in [0.4, 0.5) is 0 Å². The van der Waals surface area contributed by atoms with E-state index in [2.05, 4.69) is 36.5 Å². The zero-order valence-electron chi connectivity index (χ0n) is 14.8. The molecule has 1 N–H and O–H groups in total. The molecular weight excluding hydrogens is 300 g/mol. The molecule has 1 aromatic carbocycles. The van der Waals surface area contributed by atoms with Crippen LogP contribution in [0.1, 0.15) is 57.1 Å². The maximum atomic E-state index is 12.6. The molecule has 1 saturated heterocycles. The smallest absolute Gasteiger partial charge is 0.222 e. The van der Waals surface area contributed by atoms with E-state index in [1.807, 2.05) is 4.90 Å². The van der Waals surface area contributed by atoms with Crippen molar-refractivity contribution in [3.63, 3.8) is 0 Å². The first-order valence-corrected chi connectivity index (χ1v) is 9.12. The summed E-state index contributed by atoms with van der Waals surface area (Å²) in [7, 11) is 0. The number of benzene rings is 1. The van der Waals surface area contributed by atoms with Crippen molar-refractivity contribution in [2.45, 2.75) is 70.4 Å². The lowest BCUT2D eigenvalue weighted by Gasteiger charge is -2.38. The van der Waals surface area contributed by atoms with Crippen LogP contribution in [0.3, 0.4) is 0 Å². The van der Waals surface area contributed by atoms with E-state index < -0.39 is 0 Å². The molecule has 1 aromatic rings. The summed E-state index contributed by atoms with van der Waals surface area (Å²) in [5.41, 5.74) is 2.56. The summed E-state index contributed by atoms with van der Waals surface area (Å²) in [4.78, 5) is 26.3. The molecule has 2 aliphatic rings. The molecule has 2 amide bonds. The van der Waals surface area contributed by atoms with Crippen molar-refractivity contribution in [2.24, 2.45) is 0 Å². The second-order valence-corrected chi connectivity index (χ2v) is 7.62. The predicted octanol–water partition coefficient (Wildman–Crippen LogP) is 2.84. The molecule has 1 aliphatic carbocycles. The molecule has 4 heteroatoms. The summed E-state index contributed by atoms with van der Waals surface area (Å²) in [5, 5.41) is 3.27. The van der Waals surface area contributed by atoms with Crippen molar-refractivity contribution >= 4 is 11.8 Å². The lowest BCUT2D eigenvalue weighted by molar-refractivity contribution is -0.134. The summed E-state index contributed by atoms with van der Waals surface area (Å²) >= 11 is 0. The maximum Gasteiger partial charge on any atom is 0.222 e. The van der Waals surface area contributed by atoms with Crippen molar-refractivity contribution in [1.82, 2.24) is 10.2 Å². The Labute approximate surface area is 144 Å². The first kappa shape index (κ1) is 17.0. The summed E-state index contributed by atoms with van der Waals surface area (Å²) in [6.45, 7) is 4.54. The molecule has 1 aliphatic heterocycles. The van der Waals surface area contributed by atoms with Gasteiger partial charge in [-0.15, -0.1) is 0 Å². The average molecular weight is 328 g/mol. The van der Waals surface area contributed by atoms with Gasteiger partial charge in [-0.05, 0) is 56.6 Å². The number of aryl methyl sites for hydroxylation is 1. The largest absolute Gasteiger partial charge is 0.351 e. The van der Waals surface area contributed by atoms with Gasteiger partial charge in [0.25, 0.3) is 0 Å². The second-order valence-electron chi connectivity index (χ2n) is 7.62. The Balaban J connectivity index is 1.61. The Hall–Kier alpha value is -1.84. The van der Waals surface area contributed by atoms with Gasteiger partial charge in [-0.2, -0.15) is 0 Å². The van der Waals surface area contributed by atoms with Crippen LogP contribution in [-0.4, -0.2) is 34.8 Å². The number of piperidine rings is 1. The van der Waals surface area contributed by atoms with Crippen LogP contribution >= 0.6 is 0 Å². The van der Waals surface area contributed by atoms with E-state index in [0.29, 0.717) is 6.42 Å². The Morgan fingerprint density at radius 3 is 2.75 bits per heavy atom. The monoisotopic (exact) mass is 328 g/mol. The fourth-order valence-corrected chi connectivity index (χ4v) is 4.23. The Kier molecular flexibility index (Phi) is 4.93. The highest BCUT2D eigenvalue weighted by Crippen LogP contribution is 2.29.